The molecule has 0 bridgehead atoms. The van der Waals surface area contributed by atoms with Gasteiger partial charge in [-0.1, -0.05) is 18.6 Å². The van der Waals surface area contributed by atoms with Crippen LogP contribution in [0.15, 0.2) is 24.3 Å². The molecule has 1 aliphatic heterocycles. The van der Waals surface area contributed by atoms with Crippen molar-refractivity contribution in [2.45, 2.75) is 32.1 Å². The molecule has 0 spiro atoms. The second-order valence-corrected chi connectivity index (χ2v) is 8.06. The lowest BCUT2D eigenvalue weighted by molar-refractivity contribution is -0.120. The number of hydrogen-bond donors (Lipinski definition) is 1. The standard InChI is InChI=1S/C17H26N2O4S/c1-23-16-7-5-15(6-8-16)9-11-18-17(20)10-14-24(21,22)19-12-3-2-4-13-19/h5-8H,2-4,9-14H2,1H3,(H,18,20). The molecule has 24 heavy (non-hydrogen) atoms. The van der Waals surface area contributed by atoms with Gasteiger partial charge in [0.15, 0.2) is 0 Å². The van der Waals surface area contributed by atoms with Gasteiger partial charge in [-0.25, -0.2) is 12.7 Å². The van der Waals surface area contributed by atoms with Gasteiger partial charge in [-0.2, -0.15) is 0 Å². The Kier molecular flexibility index (Phi) is 7.05. The summed E-state index contributed by atoms with van der Waals surface area (Å²) in [7, 11) is -1.69. The topological polar surface area (TPSA) is 75.7 Å². The molecule has 1 fully saturated rings. The summed E-state index contributed by atoms with van der Waals surface area (Å²) >= 11 is 0. The van der Waals surface area contributed by atoms with Crippen molar-refractivity contribution in [3.05, 3.63) is 29.8 Å². The number of benzene rings is 1. The lowest BCUT2D eigenvalue weighted by atomic mass is 10.1. The van der Waals surface area contributed by atoms with Crippen LogP contribution >= 0.6 is 0 Å². The summed E-state index contributed by atoms with van der Waals surface area (Å²) in [5, 5.41) is 2.78. The largest absolute Gasteiger partial charge is 0.497 e. The molecule has 1 aromatic carbocycles. The Morgan fingerprint density at radius 1 is 1.17 bits per heavy atom. The van der Waals surface area contributed by atoms with E-state index >= 15 is 0 Å². The molecule has 0 aliphatic carbocycles. The Morgan fingerprint density at radius 3 is 2.46 bits per heavy atom. The average Bonchev–Trinajstić information content (AvgIpc) is 2.61. The first-order valence-corrected chi connectivity index (χ1v) is 9.99. The number of nitrogens with one attached hydrogen (secondary N) is 1. The highest BCUT2D eigenvalue weighted by Crippen LogP contribution is 2.14. The SMILES string of the molecule is COc1ccc(CCNC(=O)CCS(=O)(=O)N2CCCCC2)cc1. The number of nitrogens with zero attached hydrogens (tertiary/aromatic N) is 1. The maximum Gasteiger partial charge on any atom is 0.221 e. The fourth-order valence-corrected chi connectivity index (χ4v) is 4.24. The van der Waals surface area contributed by atoms with Crippen molar-refractivity contribution >= 4 is 15.9 Å². The van der Waals surface area contributed by atoms with Crippen LogP contribution in [-0.4, -0.2) is 51.1 Å². The van der Waals surface area contributed by atoms with Gasteiger partial charge in [0.05, 0.1) is 12.9 Å². The molecular formula is C17H26N2O4S. The van der Waals surface area contributed by atoms with E-state index in [0.717, 1.165) is 30.6 Å². The van der Waals surface area contributed by atoms with E-state index in [9.17, 15) is 13.2 Å². The van der Waals surface area contributed by atoms with E-state index in [2.05, 4.69) is 5.32 Å². The number of piperidine rings is 1. The van der Waals surface area contributed by atoms with E-state index in [1.165, 1.54) is 4.31 Å². The second kappa shape index (κ2) is 9.03. The van der Waals surface area contributed by atoms with Crippen molar-refractivity contribution in [3.63, 3.8) is 0 Å². The summed E-state index contributed by atoms with van der Waals surface area (Å²) in [4.78, 5) is 11.8. The predicted molar refractivity (Wildman–Crippen MR) is 93.5 cm³/mol. The van der Waals surface area contributed by atoms with Crippen molar-refractivity contribution in [3.8, 4) is 5.75 Å². The van der Waals surface area contributed by atoms with Gasteiger partial charge in [0.1, 0.15) is 5.75 Å². The molecule has 0 saturated carbocycles. The molecule has 0 unspecified atom stereocenters. The maximum atomic E-state index is 12.2. The van der Waals surface area contributed by atoms with Gasteiger partial charge in [-0.3, -0.25) is 4.79 Å². The number of hydrogen-bond acceptors (Lipinski definition) is 4. The van der Waals surface area contributed by atoms with E-state index in [1.54, 1.807) is 7.11 Å². The minimum Gasteiger partial charge on any atom is -0.497 e. The molecule has 1 N–H and O–H groups in total. The Labute approximate surface area is 144 Å². The summed E-state index contributed by atoms with van der Waals surface area (Å²) in [6.45, 7) is 1.66. The molecule has 0 radical (unpaired) electrons. The number of rotatable bonds is 8. The maximum absolute atomic E-state index is 12.2. The first-order chi connectivity index (χ1) is 11.5. The van der Waals surface area contributed by atoms with Crippen LogP contribution in [-0.2, 0) is 21.2 Å². The van der Waals surface area contributed by atoms with Crippen LogP contribution in [0.4, 0.5) is 0 Å². The van der Waals surface area contributed by atoms with E-state index < -0.39 is 10.0 Å². The van der Waals surface area contributed by atoms with Gasteiger partial charge in [-0.15, -0.1) is 0 Å². The minimum atomic E-state index is -3.30. The molecule has 0 aromatic heterocycles. The predicted octanol–water partition coefficient (Wildman–Crippen LogP) is 1.56. The third-order valence-electron chi connectivity index (χ3n) is 4.19. The number of amides is 1. The number of sulfonamides is 1. The Bertz CT molecular complexity index is 622. The smallest absolute Gasteiger partial charge is 0.221 e. The van der Waals surface area contributed by atoms with Crippen LogP contribution in [0.5, 0.6) is 5.75 Å². The molecule has 6 nitrogen and oxygen atoms in total. The third-order valence-corrected chi connectivity index (χ3v) is 6.06. The molecule has 1 heterocycles. The van der Waals surface area contributed by atoms with Gasteiger partial charge in [0, 0.05) is 26.1 Å². The minimum absolute atomic E-state index is 0.0153. The second-order valence-electron chi connectivity index (χ2n) is 5.97. The first kappa shape index (κ1) is 18.7. The third kappa shape index (κ3) is 5.79. The van der Waals surface area contributed by atoms with Crippen molar-refractivity contribution in [2.75, 3.05) is 32.5 Å². The molecule has 1 amide bonds. The zero-order chi connectivity index (χ0) is 17.4. The molecular weight excluding hydrogens is 328 g/mol. The van der Waals surface area contributed by atoms with Crippen molar-refractivity contribution < 1.29 is 17.9 Å². The Hall–Kier alpha value is -1.60. The zero-order valence-electron chi connectivity index (χ0n) is 14.2. The van der Waals surface area contributed by atoms with Crippen LogP contribution in [0.3, 0.4) is 0 Å². The summed E-state index contributed by atoms with van der Waals surface area (Å²) in [6, 6.07) is 7.66. The van der Waals surface area contributed by atoms with E-state index in [-0.39, 0.29) is 18.1 Å². The van der Waals surface area contributed by atoms with Gasteiger partial charge in [0.25, 0.3) is 0 Å². The molecule has 7 heteroatoms. The fourth-order valence-electron chi connectivity index (χ4n) is 2.72. The fraction of sp³-hybridized carbons (Fsp3) is 0.588. The Morgan fingerprint density at radius 2 is 1.83 bits per heavy atom. The van der Waals surface area contributed by atoms with E-state index in [0.29, 0.717) is 26.1 Å². The van der Waals surface area contributed by atoms with E-state index in [4.69, 9.17) is 4.74 Å². The van der Waals surface area contributed by atoms with Crippen LogP contribution in [0.1, 0.15) is 31.2 Å². The molecule has 1 aliphatic rings. The molecule has 2 rings (SSSR count). The number of carbonyl (C=O) groups excluding carboxylic acids is 1. The molecule has 1 aromatic rings. The summed E-state index contributed by atoms with van der Waals surface area (Å²) in [5.74, 6) is 0.469. The monoisotopic (exact) mass is 354 g/mol. The highest BCUT2D eigenvalue weighted by atomic mass is 32.2. The van der Waals surface area contributed by atoms with E-state index in [1.807, 2.05) is 24.3 Å². The van der Waals surface area contributed by atoms with Gasteiger partial charge in [-0.05, 0) is 37.0 Å². The molecule has 0 atom stereocenters. The summed E-state index contributed by atoms with van der Waals surface area (Å²) < 4.78 is 31.0. The summed E-state index contributed by atoms with van der Waals surface area (Å²) in [5.41, 5.74) is 1.09. The van der Waals surface area contributed by atoms with Gasteiger partial charge >= 0.3 is 0 Å². The first-order valence-electron chi connectivity index (χ1n) is 8.39. The van der Waals surface area contributed by atoms with Crippen LogP contribution in [0.25, 0.3) is 0 Å². The van der Waals surface area contributed by atoms with Crippen LogP contribution < -0.4 is 10.1 Å². The number of ether oxygens (including phenoxy) is 1. The zero-order valence-corrected chi connectivity index (χ0v) is 15.0. The van der Waals surface area contributed by atoms with Crippen molar-refractivity contribution in [1.82, 2.24) is 9.62 Å². The van der Waals surface area contributed by atoms with Crippen LogP contribution in [0.2, 0.25) is 0 Å². The lowest BCUT2D eigenvalue weighted by Gasteiger charge is -2.25. The van der Waals surface area contributed by atoms with Crippen molar-refractivity contribution in [1.29, 1.82) is 0 Å². The Balaban J connectivity index is 1.69. The van der Waals surface area contributed by atoms with Crippen molar-refractivity contribution in [2.24, 2.45) is 0 Å². The number of methoxy groups -OCH3 is 1. The summed E-state index contributed by atoms with van der Waals surface area (Å²) in [6.07, 6.45) is 3.62. The van der Waals surface area contributed by atoms with Gasteiger partial charge < -0.3 is 10.1 Å². The number of carbonyl (C=O) groups is 1. The normalized spacial score (nSPS) is 15.9. The van der Waals surface area contributed by atoms with Gasteiger partial charge in [0.2, 0.25) is 15.9 Å². The van der Waals surface area contributed by atoms with Crippen LogP contribution in [0, 0.1) is 0 Å². The lowest BCUT2D eigenvalue weighted by Crippen LogP contribution is -2.38. The molecule has 1 saturated heterocycles. The molecule has 134 valence electrons. The average molecular weight is 354 g/mol. The highest BCUT2D eigenvalue weighted by molar-refractivity contribution is 7.89. The quantitative estimate of drug-likeness (QED) is 0.769. The highest BCUT2D eigenvalue weighted by Gasteiger charge is 2.24.